The molecule has 0 aromatic heterocycles. The molecule has 0 bridgehead atoms. The molecule has 33 heavy (non-hydrogen) atoms. The molecule has 0 atom stereocenters. The molecular formula is C16H17F2N3O11S. The standard InChI is InChI=1S/C16H17F2N3O11S/c17-16(18,33(28,29)30)9-32-14(22)10-4-6-19(7-5-10)15(23)31-8-11-12(20(24)25)2-1-3-13(11)21(26)27/h1-3,10H,4-9H2,(H,28,29,30). The fourth-order valence-corrected chi connectivity index (χ4v) is 3.13. The number of carbonyl (C=O) groups is 2. The number of esters is 1. The average molecular weight is 497 g/mol. The van der Waals surface area contributed by atoms with Gasteiger partial charge in [0.05, 0.1) is 15.8 Å². The second-order valence-corrected chi connectivity index (χ2v) is 8.37. The van der Waals surface area contributed by atoms with E-state index in [9.17, 15) is 47.0 Å². The maximum atomic E-state index is 13.1. The van der Waals surface area contributed by atoms with Gasteiger partial charge in [0.2, 0.25) is 0 Å². The highest BCUT2D eigenvalue weighted by Gasteiger charge is 2.46. The maximum absolute atomic E-state index is 13.1. The minimum absolute atomic E-state index is 0.0585. The molecule has 182 valence electrons. The number of benzene rings is 1. The van der Waals surface area contributed by atoms with Gasteiger partial charge >= 0.3 is 27.4 Å². The van der Waals surface area contributed by atoms with E-state index < -0.39 is 73.4 Å². The second-order valence-electron chi connectivity index (χ2n) is 6.83. The summed E-state index contributed by atoms with van der Waals surface area (Å²) in [5.74, 6) is -2.09. The average Bonchev–Trinajstić information content (AvgIpc) is 2.74. The van der Waals surface area contributed by atoms with Crippen LogP contribution in [-0.2, 0) is 31.0 Å². The van der Waals surface area contributed by atoms with Gasteiger partial charge in [-0.3, -0.25) is 29.6 Å². The van der Waals surface area contributed by atoms with Crippen molar-refractivity contribution in [2.24, 2.45) is 5.92 Å². The summed E-state index contributed by atoms with van der Waals surface area (Å²) in [7, 11) is -5.76. The van der Waals surface area contributed by atoms with Crippen molar-refractivity contribution in [3.8, 4) is 0 Å². The third-order valence-corrected chi connectivity index (χ3v) is 5.58. The number of piperidine rings is 1. The predicted molar refractivity (Wildman–Crippen MR) is 102 cm³/mol. The Kier molecular flexibility index (Phi) is 7.80. The molecule has 1 N–H and O–H groups in total. The number of amides is 1. The summed E-state index contributed by atoms with van der Waals surface area (Å²) in [6.45, 7) is -2.85. The van der Waals surface area contributed by atoms with E-state index in [0.717, 1.165) is 23.1 Å². The SMILES string of the molecule is O=C(OCC(F)(F)S(=O)(=O)O)C1CCN(C(=O)OCc2c([N+](=O)[O-])cccc2[N+](=O)[O-])CC1. The van der Waals surface area contributed by atoms with Gasteiger partial charge in [-0.1, -0.05) is 0 Å². The van der Waals surface area contributed by atoms with Crippen LogP contribution < -0.4 is 0 Å². The zero-order valence-electron chi connectivity index (χ0n) is 16.6. The fourth-order valence-electron chi connectivity index (χ4n) is 2.92. The molecular weight excluding hydrogens is 480 g/mol. The summed E-state index contributed by atoms with van der Waals surface area (Å²) in [5, 5.41) is 17.5. The first-order chi connectivity index (χ1) is 15.2. The van der Waals surface area contributed by atoms with Crippen molar-refractivity contribution in [3.05, 3.63) is 44.0 Å². The van der Waals surface area contributed by atoms with Gasteiger partial charge in [-0.2, -0.15) is 17.2 Å². The Balaban J connectivity index is 1.92. The van der Waals surface area contributed by atoms with Crippen molar-refractivity contribution in [2.45, 2.75) is 24.7 Å². The van der Waals surface area contributed by atoms with Crippen molar-refractivity contribution in [1.29, 1.82) is 0 Å². The molecule has 1 aliphatic heterocycles. The first-order valence-corrected chi connectivity index (χ1v) is 10.5. The lowest BCUT2D eigenvalue weighted by Crippen LogP contribution is -2.42. The Morgan fingerprint density at radius 1 is 1.12 bits per heavy atom. The molecule has 2 rings (SSSR count). The third kappa shape index (κ3) is 6.28. The quantitative estimate of drug-likeness (QED) is 0.238. The monoisotopic (exact) mass is 497 g/mol. The minimum atomic E-state index is -5.76. The molecule has 17 heteroatoms. The highest BCUT2D eigenvalue weighted by atomic mass is 32.2. The van der Waals surface area contributed by atoms with E-state index in [1.165, 1.54) is 0 Å². The Morgan fingerprint density at radius 2 is 1.64 bits per heavy atom. The third-order valence-electron chi connectivity index (χ3n) is 4.71. The number of nitrogens with zero attached hydrogens (tertiary/aromatic N) is 3. The summed E-state index contributed by atoms with van der Waals surface area (Å²) in [4.78, 5) is 45.7. The summed E-state index contributed by atoms with van der Waals surface area (Å²) in [6, 6.07) is 3.13. The number of alkyl halides is 2. The van der Waals surface area contributed by atoms with E-state index in [1.54, 1.807) is 0 Å². The Hall–Kier alpha value is -3.47. The number of hydrogen-bond acceptors (Lipinski definition) is 10. The highest BCUT2D eigenvalue weighted by molar-refractivity contribution is 7.86. The molecule has 0 saturated carbocycles. The van der Waals surface area contributed by atoms with Gasteiger partial charge in [0.25, 0.3) is 11.4 Å². The largest absolute Gasteiger partial charge is 0.458 e. The number of ether oxygens (including phenoxy) is 2. The van der Waals surface area contributed by atoms with Gasteiger partial charge < -0.3 is 14.4 Å². The van der Waals surface area contributed by atoms with Crippen molar-refractivity contribution in [3.63, 3.8) is 0 Å². The summed E-state index contributed by atoms with van der Waals surface area (Å²) in [5.41, 5.74) is -1.64. The number of halogens is 2. The lowest BCUT2D eigenvalue weighted by molar-refractivity contribution is -0.396. The number of nitro benzene ring substituents is 2. The molecule has 0 aliphatic carbocycles. The second kappa shape index (κ2) is 9.99. The molecule has 14 nitrogen and oxygen atoms in total. The van der Waals surface area contributed by atoms with Crippen LogP contribution in [0.5, 0.6) is 0 Å². The van der Waals surface area contributed by atoms with Crippen LogP contribution in [0, 0.1) is 26.1 Å². The Bertz CT molecular complexity index is 1020. The lowest BCUT2D eigenvalue weighted by atomic mass is 9.97. The van der Waals surface area contributed by atoms with Gasteiger partial charge in [-0.05, 0) is 18.9 Å². The number of nitro groups is 2. The number of hydrogen-bond donors (Lipinski definition) is 1. The first-order valence-electron chi connectivity index (χ1n) is 9.08. The van der Waals surface area contributed by atoms with Gasteiger partial charge in [0, 0.05) is 25.2 Å². The van der Waals surface area contributed by atoms with E-state index in [4.69, 9.17) is 9.29 Å². The number of carbonyl (C=O) groups excluding carboxylic acids is 2. The summed E-state index contributed by atoms with van der Waals surface area (Å²) in [6.07, 6.45) is -1.10. The lowest BCUT2D eigenvalue weighted by Gasteiger charge is -2.30. The molecule has 0 radical (unpaired) electrons. The van der Waals surface area contributed by atoms with E-state index >= 15 is 0 Å². The Morgan fingerprint density at radius 3 is 2.09 bits per heavy atom. The van der Waals surface area contributed by atoms with Crippen LogP contribution >= 0.6 is 0 Å². The highest BCUT2D eigenvalue weighted by Crippen LogP contribution is 2.29. The predicted octanol–water partition coefficient (Wildman–Crippen LogP) is 1.88. The minimum Gasteiger partial charge on any atom is -0.458 e. The van der Waals surface area contributed by atoms with Crippen LogP contribution in [0.4, 0.5) is 25.0 Å². The molecule has 1 amide bonds. The first kappa shape index (κ1) is 25.8. The summed E-state index contributed by atoms with van der Waals surface area (Å²) >= 11 is 0. The molecule has 1 saturated heterocycles. The molecule has 0 spiro atoms. The zero-order valence-corrected chi connectivity index (χ0v) is 17.4. The van der Waals surface area contributed by atoms with E-state index in [1.807, 2.05) is 0 Å². The van der Waals surface area contributed by atoms with E-state index in [2.05, 4.69) is 4.74 Å². The van der Waals surface area contributed by atoms with Crippen LogP contribution in [0.1, 0.15) is 18.4 Å². The smallest absolute Gasteiger partial charge is 0.410 e. The van der Waals surface area contributed by atoms with Crippen LogP contribution in [0.2, 0.25) is 0 Å². The number of likely N-dealkylation sites (tertiary alicyclic amines) is 1. The molecule has 1 aromatic rings. The van der Waals surface area contributed by atoms with Crippen LogP contribution in [0.3, 0.4) is 0 Å². The topological polar surface area (TPSA) is 196 Å². The van der Waals surface area contributed by atoms with Crippen LogP contribution in [0.15, 0.2) is 18.2 Å². The van der Waals surface area contributed by atoms with Gasteiger partial charge in [0.15, 0.2) is 6.61 Å². The van der Waals surface area contributed by atoms with Gasteiger partial charge in [-0.15, -0.1) is 0 Å². The van der Waals surface area contributed by atoms with E-state index in [-0.39, 0.29) is 25.9 Å². The molecule has 1 fully saturated rings. The van der Waals surface area contributed by atoms with Crippen molar-refractivity contribution < 1.29 is 50.7 Å². The van der Waals surface area contributed by atoms with Crippen molar-refractivity contribution >= 4 is 33.6 Å². The number of rotatable bonds is 8. The van der Waals surface area contributed by atoms with Crippen LogP contribution in [-0.4, -0.2) is 64.7 Å². The van der Waals surface area contributed by atoms with Crippen molar-refractivity contribution in [1.82, 2.24) is 4.90 Å². The zero-order chi connectivity index (χ0) is 25.0. The van der Waals surface area contributed by atoms with E-state index in [0.29, 0.717) is 0 Å². The van der Waals surface area contributed by atoms with Gasteiger partial charge in [-0.25, -0.2) is 4.79 Å². The van der Waals surface area contributed by atoms with Crippen LogP contribution in [0.25, 0.3) is 0 Å². The normalized spacial score (nSPS) is 15.1. The molecule has 1 aliphatic rings. The Labute approximate surface area is 184 Å². The molecule has 1 heterocycles. The fraction of sp³-hybridized carbons (Fsp3) is 0.500. The summed E-state index contributed by atoms with van der Waals surface area (Å²) < 4.78 is 64.9. The molecule has 0 unspecified atom stereocenters. The van der Waals surface area contributed by atoms with Gasteiger partial charge in [0.1, 0.15) is 12.2 Å². The van der Waals surface area contributed by atoms with Crippen molar-refractivity contribution in [2.75, 3.05) is 19.7 Å². The maximum Gasteiger partial charge on any atom is 0.410 e. The molecule has 1 aromatic carbocycles.